The van der Waals surface area contributed by atoms with Crippen molar-refractivity contribution in [3.8, 4) is 0 Å². The molecule has 0 aliphatic carbocycles. The van der Waals surface area contributed by atoms with E-state index in [9.17, 15) is 14.4 Å². The molecule has 3 amide bonds. The van der Waals surface area contributed by atoms with Crippen LogP contribution in [0.3, 0.4) is 0 Å². The Kier molecular flexibility index (Phi) is 9.94. The van der Waals surface area contributed by atoms with Crippen LogP contribution in [0.4, 0.5) is 9.59 Å². The van der Waals surface area contributed by atoms with Gasteiger partial charge < -0.3 is 25.0 Å². The summed E-state index contributed by atoms with van der Waals surface area (Å²) in [7, 11) is 0. The fourth-order valence-electron chi connectivity index (χ4n) is 4.19. The quantitative estimate of drug-likeness (QED) is 0.525. The van der Waals surface area contributed by atoms with Gasteiger partial charge >= 0.3 is 12.2 Å². The number of nitrogens with zero attached hydrogens (tertiary/aromatic N) is 1. The first-order valence-corrected chi connectivity index (χ1v) is 12.9. The number of benzene rings is 2. The molecule has 0 bridgehead atoms. The molecule has 3 rings (SSSR count). The van der Waals surface area contributed by atoms with Gasteiger partial charge in [0.1, 0.15) is 18.2 Å². The summed E-state index contributed by atoms with van der Waals surface area (Å²) >= 11 is 0. The van der Waals surface area contributed by atoms with Crippen molar-refractivity contribution < 1.29 is 23.9 Å². The van der Waals surface area contributed by atoms with E-state index in [1.165, 1.54) is 0 Å². The van der Waals surface area contributed by atoms with Gasteiger partial charge in [0.25, 0.3) is 0 Å². The van der Waals surface area contributed by atoms with Crippen molar-refractivity contribution >= 4 is 18.1 Å². The van der Waals surface area contributed by atoms with E-state index in [4.69, 9.17) is 9.47 Å². The number of piperidine rings is 1. The monoisotopic (exact) mass is 509 g/mol. The summed E-state index contributed by atoms with van der Waals surface area (Å²) in [5.41, 5.74) is 2.41. The first-order chi connectivity index (χ1) is 17.6. The number of carbonyl (C=O) groups is 3. The van der Waals surface area contributed by atoms with Crippen molar-refractivity contribution in [3.63, 3.8) is 0 Å². The topological polar surface area (TPSA) is 97.0 Å². The molecule has 1 saturated heterocycles. The molecule has 2 aromatic rings. The molecule has 2 aromatic carbocycles. The van der Waals surface area contributed by atoms with Crippen molar-refractivity contribution in [1.82, 2.24) is 15.5 Å². The summed E-state index contributed by atoms with van der Waals surface area (Å²) in [4.78, 5) is 39.8. The molecular formula is C29H39N3O5. The summed E-state index contributed by atoms with van der Waals surface area (Å²) in [6.45, 7) is 9.06. The van der Waals surface area contributed by atoms with Gasteiger partial charge in [-0.15, -0.1) is 0 Å². The second kappa shape index (κ2) is 13.1. The molecule has 1 aliphatic rings. The molecule has 2 N–H and O–H groups in total. The SMILES string of the molecule is Cc1ccc(CNC(=O)[C@H](CC2CCN(C(=O)OCc3ccccc3)CC2)NC(=O)OC(C)(C)C)cc1. The first kappa shape index (κ1) is 28.0. The van der Waals surface area contributed by atoms with Crippen LogP contribution in [-0.2, 0) is 27.4 Å². The number of carbonyl (C=O) groups excluding carboxylic acids is 3. The van der Waals surface area contributed by atoms with Crippen LogP contribution in [-0.4, -0.2) is 47.7 Å². The molecule has 200 valence electrons. The van der Waals surface area contributed by atoms with Crippen molar-refractivity contribution in [2.24, 2.45) is 5.92 Å². The van der Waals surface area contributed by atoms with E-state index in [0.717, 1.165) is 29.5 Å². The van der Waals surface area contributed by atoms with E-state index < -0.39 is 17.7 Å². The number of hydrogen-bond donors (Lipinski definition) is 2. The van der Waals surface area contributed by atoms with Gasteiger partial charge in [-0.1, -0.05) is 60.2 Å². The molecule has 8 nitrogen and oxygen atoms in total. The second-order valence-corrected chi connectivity index (χ2v) is 10.6. The zero-order valence-electron chi connectivity index (χ0n) is 22.3. The predicted octanol–water partition coefficient (Wildman–Crippen LogP) is 4.94. The lowest BCUT2D eigenvalue weighted by molar-refractivity contribution is -0.123. The Balaban J connectivity index is 1.53. The second-order valence-electron chi connectivity index (χ2n) is 10.6. The lowest BCUT2D eigenvalue weighted by atomic mass is 9.90. The molecule has 1 heterocycles. The van der Waals surface area contributed by atoms with Crippen LogP contribution in [0, 0.1) is 12.8 Å². The van der Waals surface area contributed by atoms with Crippen molar-refractivity contribution in [3.05, 3.63) is 71.3 Å². The van der Waals surface area contributed by atoms with E-state index in [0.29, 0.717) is 26.1 Å². The fraction of sp³-hybridized carbons (Fsp3) is 0.483. The normalized spacial score (nSPS) is 15.0. The molecule has 0 radical (unpaired) electrons. The highest BCUT2D eigenvalue weighted by Crippen LogP contribution is 2.23. The van der Waals surface area contributed by atoms with Crippen molar-refractivity contribution in [1.29, 1.82) is 0 Å². The first-order valence-electron chi connectivity index (χ1n) is 12.9. The van der Waals surface area contributed by atoms with Gasteiger partial charge in [0.2, 0.25) is 5.91 Å². The van der Waals surface area contributed by atoms with E-state index >= 15 is 0 Å². The maximum absolute atomic E-state index is 13.1. The molecule has 0 spiro atoms. The number of amides is 3. The minimum absolute atomic E-state index is 0.170. The highest BCUT2D eigenvalue weighted by atomic mass is 16.6. The Morgan fingerprint density at radius 1 is 0.973 bits per heavy atom. The highest BCUT2D eigenvalue weighted by Gasteiger charge is 2.30. The average molecular weight is 510 g/mol. The van der Waals surface area contributed by atoms with E-state index in [1.54, 1.807) is 25.7 Å². The van der Waals surface area contributed by atoms with Gasteiger partial charge in [-0.2, -0.15) is 0 Å². The van der Waals surface area contributed by atoms with Gasteiger partial charge in [0.05, 0.1) is 0 Å². The summed E-state index contributed by atoms with van der Waals surface area (Å²) in [6, 6.07) is 16.8. The van der Waals surface area contributed by atoms with Crippen LogP contribution in [0.1, 0.15) is 56.7 Å². The number of ether oxygens (including phenoxy) is 2. The van der Waals surface area contributed by atoms with Crippen molar-refractivity contribution in [2.45, 2.75) is 71.8 Å². The van der Waals surface area contributed by atoms with Crippen LogP contribution in [0.15, 0.2) is 54.6 Å². The molecule has 1 atom stereocenters. The Morgan fingerprint density at radius 2 is 1.62 bits per heavy atom. The Hall–Kier alpha value is -3.55. The number of aryl methyl sites for hydroxylation is 1. The van der Waals surface area contributed by atoms with Crippen LogP contribution in [0.25, 0.3) is 0 Å². The molecule has 0 saturated carbocycles. The summed E-state index contributed by atoms with van der Waals surface area (Å²) in [6.07, 6.45) is 0.953. The zero-order chi connectivity index (χ0) is 26.8. The number of nitrogens with one attached hydrogen (secondary N) is 2. The predicted molar refractivity (Wildman–Crippen MR) is 142 cm³/mol. The third-order valence-electron chi connectivity index (χ3n) is 6.24. The minimum atomic E-state index is -0.734. The maximum Gasteiger partial charge on any atom is 0.410 e. The smallest absolute Gasteiger partial charge is 0.410 e. The number of alkyl carbamates (subject to hydrolysis) is 1. The van der Waals surface area contributed by atoms with Gasteiger partial charge in [-0.05, 0) is 64.0 Å². The van der Waals surface area contributed by atoms with Gasteiger partial charge in [0.15, 0.2) is 0 Å². The zero-order valence-corrected chi connectivity index (χ0v) is 22.3. The largest absolute Gasteiger partial charge is 0.445 e. The lowest BCUT2D eigenvalue weighted by Crippen LogP contribution is -2.49. The molecule has 0 unspecified atom stereocenters. The Morgan fingerprint density at radius 3 is 2.24 bits per heavy atom. The number of rotatable bonds is 8. The Bertz CT molecular complexity index is 1030. The average Bonchev–Trinajstić information content (AvgIpc) is 2.86. The van der Waals surface area contributed by atoms with Gasteiger partial charge in [-0.3, -0.25) is 4.79 Å². The van der Waals surface area contributed by atoms with E-state index in [2.05, 4.69) is 10.6 Å². The van der Waals surface area contributed by atoms with Crippen LogP contribution in [0.2, 0.25) is 0 Å². The third-order valence-corrected chi connectivity index (χ3v) is 6.24. The minimum Gasteiger partial charge on any atom is -0.445 e. The maximum atomic E-state index is 13.1. The molecule has 1 aliphatic heterocycles. The molecular weight excluding hydrogens is 470 g/mol. The van der Waals surface area contributed by atoms with Gasteiger partial charge in [0, 0.05) is 19.6 Å². The lowest BCUT2D eigenvalue weighted by Gasteiger charge is -2.33. The summed E-state index contributed by atoms with van der Waals surface area (Å²) in [5, 5.41) is 5.70. The fourth-order valence-corrected chi connectivity index (χ4v) is 4.19. The molecule has 37 heavy (non-hydrogen) atoms. The van der Waals surface area contributed by atoms with Gasteiger partial charge in [-0.25, -0.2) is 9.59 Å². The van der Waals surface area contributed by atoms with E-state index in [1.807, 2.05) is 61.5 Å². The summed E-state index contributed by atoms with van der Waals surface area (Å²) < 4.78 is 10.8. The van der Waals surface area contributed by atoms with E-state index in [-0.39, 0.29) is 24.5 Å². The number of hydrogen-bond acceptors (Lipinski definition) is 5. The van der Waals surface area contributed by atoms with Crippen LogP contribution < -0.4 is 10.6 Å². The van der Waals surface area contributed by atoms with Crippen molar-refractivity contribution in [2.75, 3.05) is 13.1 Å². The highest BCUT2D eigenvalue weighted by molar-refractivity contribution is 5.85. The molecule has 1 fully saturated rings. The van der Waals surface area contributed by atoms with Crippen LogP contribution in [0.5, 0.6) is 0 Å². The standard InChI is InChI=1S/C29H39N3O5/c1-21-10-12-23(13-11-21)19-30-26(33)25(31-27(34)37-29(2,3)4)18-22-14-16-32(17-15-22)28(35)36-20-24-8-6-5-7-9-24/h5-13,22,25H,14-20H2,1-4H3,(H,30,33)(H,31,34)/t25-/m0/s1. The summed E-state index contributed by atoms with van der Waals surface area (Å²) in [5.74, 6) is -0.0839. The molecule has 8 heteroatoms. The third kappa shape index (κ3) is 9.79. The Labute approximate surface area is 219 Å². The van der Waals surface area contributed by atoms with Crippen LogP contribution >= 0.6 is 0 Å². The molecule has 0 aromatic heterocycles. The number of likely N-dealkylation sites (tertiary alicyclic amines) is 1.